The third-order valence-corrected chi connectivity index (χ3v) is 3.00. The summed E-state index contributed by atoms with van der Waals surface area (Å²) in [4.78, 5) is 0. The van der Waals surface area contributed by atoms with Gasteiger partial charge in [0.1, 0.15) is 5.75 Å². The van der Waals surface area contributed by atoms with Gasteiger partial charge in [-0.3, -0.25) is 0 Å². The van der Waals surface area contributed by atoms with Gasteiger partial charge in [-0.25, -0.2) is 0 Å². The van der Waals surface area contributed by atoms with Gasteiger partial charge in [0.2, 0.25) is 0 Å². The summed E-state index contributed by atoms with van der Waals surface area (Å²) in [5.41, 5.74) is 1.10. The van der Waals surface area contributed by atoms with Gasteiger partial charge in [0, 0.05) is 6.04 Å². The fraction of sp³-hybridized carbons (Fsp3) is 0.600. The smallest absolute Gasteiger partial charge is 0.141 e. The number of hydrogen-bond acceptors (Lipinski definition) is 2. The van der Waals surface area contributed by atoms with Gasteiger partial charge in [-0.2, -0.15) is 0 Å². The Kier molecular flexibility index (Phi) is 6.53. The third kappa shape index (κ3) is 5.12. The van der Waals surface area contributed by atoms with Crippen molar-refractivity contribution in [3.8, 4) is 5.75 Å². The van der Waals surface area contributed by atoms with Gasteiger partial charge in [0.05, 0.1) is 12.8 Å². The summed E-state index contributed by atoms with van der Waals surface area (Å²) in [6, 6.07) is 8.60. The molecule has 0 amide bonds. The molecule has 2 heteroatoms. The maximum Gasteiger partial charge on any atom is 0.141 e. The van der Waals surface area contributed by atoms with E-state index in [1.165, 1.54) is 32.1 Å². The number of methoxy groups -OCH3 is 1. The summed E-state index contributed by atoms with van der Waals surface area (Å²) in [6.07, 6.45) is 6.51. The van der Waals surface area contributed by atoms with Crippen LogP contribution in [0.4, 0.5) is 5.69 Å². The van der Waals surface area contributed by atoms with Crippen molar-refractivity contribution in [3.05, 3.63) is 24.3 Å². The van der Waals surface area contributed by atoms with Crippen LogP contribution in [0.2, 0.25) is 0 Å². The molecule has 1 rings (SSSR count). The Morgan fingerprint density at radius 3 is 2.65 bits per heavy atom. The third-order valence-electron chi connectivity index (χ3n) is 3.00. The van der Waals surface area contributed by atoms with Gasteiger partial charge in [0.15, 0.2) is 0 Å². The lowest BCUT2D eigenvalue weighted by Gasteiger charge is -2.17. The average molecular weight is 235 g/mol. The monoisotopic (exact) mass is 235 g/mol. The Hall–Kier alpha value is -1.18. The van der Waals surface area contributed by atoms with E-state index in [9.17, 15) is 0 Å². The second-order valence-corrected chi connectivity index (χ2v) is 4.60. The summed E-state index contributed by atoms with van der Waals surface area (Å²) in [7, 11) is 1.71. The minimum absolute atomic E-state index is 0.503. The van der Waals surface area contributed by atoms with Gasteiger partial charge >= 0.3 is 0 Å². The highest BCUT2D eigenvalue weighted by molar-refractivity contribution is 5.56. The number of unbranched alkanes of at least 4 members (excludes halogenated alkanes) is 3. The first-order valence-corrected chi connectivity index (χ1v) is 6.67. The molecule has 1 aromatic carbocycles. The van der Waals surface area contributed by atoms with Crippen LogP contribution in [-0.2, 0) is 0 Å². The van der Waals surface area contributed by atoms with E-state index in [4.69, 9.17) is 4.74 Å². The fourth-order valence-electron chi connectivity index (χ4n) is 1.98. The van der Waals surface area contributed by atoms with Crippen LogP contribution in [0.15, 0.2) is 24.3 Å². The minimum Gasteiger partial charge on any atom is -0.495 e. The lowest BCUT2D eigenvalue weighted by Crippen LogP contribution is -2.15. The lowest BCUT2D eigenvalue weighted by atomic mass is 10.1. The average Bonchev–Trinajstić information content (AvgIpc) is 2.35. The number of hydrogen-bond donors (Lipinski definition) is 1. The van der Waals surface area contributed by atoms with E-state index >= 15 is 0 Å². The van der Waals surface area contributed by atoms with Crippen molar-refractivity contribution in [1.29, 1.82) is 0 Å². The normalized spacial score (nSPS) is 12.2. The molecule has 0 spiro atoms. The second kappa shape index (κ2) is 7.99. The molecule has 0 saturated heterocycles. The molecule has 2 nitrogen and oxygen atoms in total. The van der Waals surface area contributed by atoms with Crippen molar-refractivity contribution < 1.29 is 4.74 Å². The largest absolute Gasteiger partial charge is 0.495 e. The Morgan fingerprint density at radius 2 is 1.94 bits per heavy atom. The first-order chi connectivity index (χ1) is 8.27. The summed E-state index contributed by atoms with van der Waals surface area (Å²) >= 11 is 0. The van der Waals surface area contributed by atoms with Gasteiger partial charge < -0.3 is 10.1 Å². The molecule has 1 unspecified atom stereocenters. The number of ether oxygens (including phenoxy) is 1. The summed E-state index contributed by atoms with van der Waals surface area (Å²) in [5, 5.41) is 3.51. The maximum atomic E-state index is 5.33. The molecule has 96 valence electrons. The maximum absolute atomic E-state index is 5.33. The molecular weight excluding hydrogens is 210 g/mol. The Bertz CT molecular complexity index is 312. The molecule has 17 heavy (non-hydrogen) atoms. The number of nitrogens with one attached hydrogen (secondary N) is 1. The van der Waals surface area contributed by atoms with Crippen LogP contribution in [0, 0.1) is 0 Å². The molecule has 0 bridgehead atoms. The topological polar surface area (TPSA) is 21.3 Å². The molecular formula is C15H25NO. The highest BCUT2D eigenvalue weighted by atomic mass is 16.5. The molecule has 0 saturated carbocycles. The van der Waals surface area contributed by atoms with Gasteiger partial charge in [-0.1, -0.05) is 44.7 Å². The minimum atomic E-state index is 0.503. The first kappa shape index (κ1) is 13.9. The van der Waals surface area contributed by atoms with Crippen molar-refractivity contribution in [2.45, 2.75) is 52.0 Å². The zero-order valence-corrected chi connectivity index (χ0v) is 11.3. The molecule has 0 aliphatic heterocycles. The van der Waals surface area contributed by atoms with Crippen LogP contribution < -0.4 is 10.1 Å². The number of para-hydroxylation sites is 2. The molecule has 0 heterocycles. The molecule has 1 aromatic rings. The molecule has 0 aliphatic rings. The van der Waals surface area contributed by atoms with E-state index in [1.807, 2.05) is 18.2 Å². The predicted octanol–water partition coefficient (Wildman–Crippen LogP) is 4.47. The predicted molar refractivity (Wildman–Crippen MR) is 74.8 cm³/mol. The van der Waals surface area contributed by atoms with E-state index in [2.05, 4.69) is 25.2 Å². The number of anilines is 1. The molecule has 0 fully saturated rings. The first-order valence-electron chi connectivity index (χ1n) is 6.67. The van der Waals surface area contributed by atoms with Gasteiger partial charge in [0.25, 0.3) is 0 Å². The zero-order chi connectivity index (χ0) is 12.5. The van der Waals surface area contributed by atoms with Crippen LogP contribution in [0.5, 0.6) is 5.75 Å². The van der Waals surface area contributed by atoms with Crippen LogP contribution in [0.1, 0.15) is 46.0 Å². The van der Waals surface area contributed by atoms with Crippen LogP contribution >= 0.6 is 0 Å². The Morgan fingerprint density at radius 1 is 1.18 bits per heavy atom. The van der Waals surface area contributed by atoms with E-state index in [-0.39, 0.29) is 0 Å². The summed E-state index contributed by atoms with van der Waals surface area (Å²) in [6.45, 7) is 4.48. The lowest BCUT2D eigenvalue weighted by molar-refractivity contribution is 0.415. The number of benzene rings is 1. The van der Waals surface area contributed by atoms with Crippen LogP contribution in [-0.4, -0.2) is 13.2 Å². The Labute approximate surface area is 105 Å². The molecule has 0 aromatic heterocycles. The summed E-state index contributed by atoms with van der Waals surface area (Å²) in [5.74, 6) is 0.924. The highest BCUT2D eigenvalue weighted by Crippen LogP contribution is 2.24. The quantitative estimate of drug-likeness (QED) is 0.671. The van der Waals surface area contributed by atoms with Crippen molar-refractivity contribution >= 4 is 5.69 Å². The van der Waals surface area contributed by atoms with Crippen molar-refractivity contribution in [2.75, 3.05) is 12.4 Å². The van der Waals surface area contributed by atoms with Crippen molar-refractivity contribution in [2.24, 2.45) is 0 Å². The summed E-state index contributed by atoms with van der Waals surface area (Å²) < 4.78 is 5.33. The SMILES string of the molecule is CCCCCCC(C)Nc1ccccc1OC. The van der Waals surface area contributed by atoms with E-state index < -0.39 is 0 Å². The van der Waals surface area contributed by atoms with Crippen LogP contribution in [0.3, 0.4) is 0 Å². The molecule has 1 atom stereocenters. The van der Waals surface area contributed by atoms with Crippen molar-refractivity contribution in [1.82, 2.24) is 0 Å². The number of rotatable bonds is 8. The van der Waals surface area contributed by atoms with Crippen LogP contribution in [0.25, 0.3) is 0 Å². The highest BCUT2D eigenvalue weighted by Gasteiger charge is 2.05. The molecule has 0 radical (unpaired) electrons. The van der Waals surface area contributed by atoms with Crippen molar-refractivity contribution in [3.63, 3.8) is 0 Å². The van der Waals surface area contributed by atoms with E-state index in [0.29, 0.717) is 6.04 Å². The molecule has 1 N–H and O–H groups in total. The fourth-order valence-corrected chi connectivity index (χ4v) is 1.98. The van der Waals surface area contributed by atoms with E-state index in [0.717, 1.165) is 11.4 Å². The Balaban J connectivity index is 2.36. The second-order valence-electron chi connectivity index (χ2n) is 4.60. The van der Waals surface area contributed by atoms with E-state index in [1.54, 1.807) is 7.11 Å². The van der Waals surface area contributed by atoms with Gasteiger partial charge in [-0.05, 0) is 25.5 Å². The van der Waals surface area contributed by atoms with Gasteiger partial charge in [-0.15, -0.1) is 0 Å². The molecule has 0 aliphatic carbocycles. The standard InChI is InChI=1S/C15H25NO/c1-4-5-6-7-10-13(2)16-14-11-8-9-12-15(14)17-3/h8-9,11-13,16H,4-7,10H2,1-3H3. The zero-order valence-electron chi connectivity index (χ0n) is 11.3.